The van der Waals surface area contributed by atoms with Crippen molar-refractivity contribution in [3.63, 3.8) is 0 Å². The summed E-state index contributed by atoms with van der Waals surface area (Å²) in [5.41, 5.74) is 2.31. The maximum absolute atomic E-state index is 5.50. The first-order chi connectivity index (χ1) is 5.75. The van der Waals surface area contributed by atoms with Crippen LogP contribution >= 0.6 is 11.6 Å². The number of nitrogens with zero attached hydrogens (tertiary/aromatic N) is 2. The van der Waals surface area contributed by atoms with E-state index in [1.807, 2.05) is 25.4 Å². The third-order valence-corrected chi connectivity index (χ3v) is 2.08. The minimum absolute atomic E-state index is 0.576. The summed E-state index contributed by atoms with van der Waals surface area (Å²) in [5.74, 6) is 0.576. The fraction of sp³-hybridized carbons (Fsp3) is 0.444. The van der Waals surface area contributed by atoms with Crippen molar-refractivity contribution in [1.29, 1.82) is 0 Å². The number of aromatic nitrogens is 2. The summed E-state index contributed by atoms with van der Waals surface area (Å²) < 4.78 is 2.10. The van der Waals surface area contributed by atoms with Crippen LogP contribution in [-0.4, -0.2) is 15.4 Å². The van der Waals surface area contributed by atoms with Crippen LogP contribution in [0.3, 0.4) is 0 Å². The van der Waals surface area contributed by atoms with E-state index in [0.29, 0.717) is 5.88 Å². The maximum Gasteiger partial charge on any atom is 0.0954 e. The third kappa shape index (κ3) is 2.11. The molecule has 0 unspecified atom stereocenters. The number of allylic oxidation sites excluding steroid dienone is 2. The van der Waals surface area contributed by atoms with Gasteiger partial charge in [0, 0.05) is 18.1 Å². The number of rotatable bonds is 3. The van der Waals surface area contributed by atoms with Crippen LogP contribution in [0.25, 0.3) is 0 Å². The van der Waals surface area contributed by atoms with Gasteiger partial charge in [0.05, 0.1) is 12.0 Å². The van der Waals surface area contributed by atoms with E-state index in [1.165, 1.54) is 5.69 Å². The van der Waals surface area contributed by atoms with Crippen molar-refractivity contribution in [2.75, 3.05) is 5.88 Å². The molecular formula is C9H13ClN2. The predicted molar refractivity (Wildman–Crippen MR) is 51.6 cm³/mol. The van der Waals surface area contributed by atoms with Gasteiger partial charge in [0.1, 0.15) is 0 Å². The van der Waals surface area contributed by atoms with Gasteiger partial charge in [-0.3, -0.25) is 0 Å². The molecule has 0 bridgehead atoms. The Bertz CT molecular complexity index is 276. The van der Waals surface area contributed by atoms with Crippen molar-refractivity contribution in [2.24, 2.45) is 0 Å². The van der Waals surface area contributed by atoms with Crippen LogP contribution < -0.4 is 0 Å². The molecule has 0 radical (unpaired) electrons. The third-order valence-electron chi connectivity index (χ3n) is 1.90. The molecule has 0 saturated heterocycles. The first-order valence-corrected chi connectivity index (χ1v) is 4.48. The highest BCUT2D eigenvalue weighted by molar-refractivity contribution is 6.18. The molecule has 0 aliphatic rings. The van der Waals surface area contributed by atoms with Crippen molar-refractivity contribution in [3.05, 3.63) is 29.9 Å². The summed E-state index contributed by atoms with van der Waals surface area (Å²) in [7, 11) is 0. The largest absolute Gasteiger partial charge is 0.331 e. The molecule has 0 amide bonds. The molecule has 2 nitrogen and oxygen atoms in total. The van der Waals surface area contributed by atoms with Crippen LogP contribution in [0, 0.1) is 13.8 Å². The van der Waals surface area contributed by atoms with E-state index in [9.17, 15) is 0 Å². The summed E-state index contributed by atoms with van der Waals surface area (Å²) in [6.07, 6.45) is 5.83. The number of hydrogen-bond donors (Lipinski definition) is 0. The molecular weight excluding hydrogens is 172 g/mol. The second-order valence-corrected chi connectivity index (χ2v) is 3.00. The monoisotopic (exact) mass is 184 g/mol. The fourth-order valence-electron chi connectivity index (χ4n) is 0.979. The summed E-state index contributed by atoms with van der Waals surface area (Å²) in [6.45, 7) is 4.94. The zero-order valence-electron chi connectivity index (χ0n) is 7.42. The Kier molecular flexibility index (Phi) is 3.35. The van der Waals surface area contributed by atoms with E-state index in [-0.39, 0.29) is 0 Å². The number of aryl methyl sites for hydroxylation is 1. The topological polar surface area (TPSA) is 17.8 Å². The predicted octanol–water partition coefficient (Wildman–Crippen LogP) is 2.29. The Labute approximate surface area is 77.9 Å². The normalized spacial score (nSPS) is 11.2. The second kappa shape index (κ2) is 4.31. The number of hydrogen-bond acceptors (Lipinski definition) is 1. The lowest BCUT2D eigenvalue weighted by molar-refractivity contribution is 0.788. The summed E-state index contributed by atoms with van der Waals surface area (Å²) in [5, 5.41) is 0. The number of alkyl halides is 1. The highest BCUT2D eigenvalue weighted by Gasteiger charge is 1.98. The SMILES string of the molecule is Cc1ncn(CC=CCCl)c1C. The first kappa shape index (κ1) is 9.33. The summed E-state index contributed by atoms with van der Waals surface area (Å²) in [4.78, 5) is 4.19. The van der Waals surface area contributed by atoms with Gasteiger partial charge in [-0.25, -0.2) is 4.98 Å². The fourth-order valence-corrected chi connectivity index (χ4v) is 1.11. The van der Waals surface area contributed by atoms with E-state index in [2.05, 4.69) is 16.5 Å². The second-order valence-electron chi connectivity index (χ2n) is 2.69. The molecule has 0 spiro atoms. The van der Waals surface area contributed by atoms with E-state index in [0.717, 1.165) is 12.2 Å². The van der Waals surface area contributed by atoms with Gasteiger partial charge in [-0.1, -0.05) is 12.2 Å². The molecule has 0 fully saturated rings. The van der Waals surface area contributed by atoms with Crippen LogP contribution in [0.15, 0.2) is 18.5 Å². The van der Waals surface area contributed by atoms with Gasteiger partial charge in [-0.05, 0) is 13.8 Å². The van der Waals surface area contributed by atoms with Gasteiger partial charge in [-0.2, -0.15) is 0 Å². The van der Waals surface area contributed by atoms with E-state index in [1.54, 1.807) is 0 Å². The van der Waals surface area contributed by atoms with Crippen LogP contribution in [0.2, 0.25) is 0 Å². The average Bonchev–Trinajstić information content (AvgIpc) is 2.36. The molecule has 1 aromatic heterocycles. The zero-order chi connectivity index (χ0) is 8.97. The van der Waals surface area contributed by atoms with Gasteiger partial charge >= 0.3 is 0 Å². The molecule has 0 atom stereocenters. The van der Waals surface area contributed by atoms with Crippen molar-refractivity contribution >= 4 is 11.6 Å². The minimum Gasteiger partial charge on any atom is -0.331 e. The molecule has 66 valence electrons. The van der Waals surface area contributed by atoms with E-state index >= 15 is 0 Å². The molecule has 0 aromatic carbocycles. The standard InChI is InChI=1S/C9H13ClN2/c1-8-9(2)12(7-11-8)6-4-3-5-10/h3-4,7H,5-6H2,1-2H3. The Morgan fingerprint density at radius 3 is 2.75 bits per heavy atom. The van der Waals surface area contributed by atoms with Crippen molar-refractivity contribution in [3.8, 4) is 0 Å². The lowest BCUT2D eigenvalue weighted by Gasteiger charge is -1.99. The van der Waals surface area contributed by atoms with E-state index in [4.69, 9.17) is 11.6 Å². The number of halogens is 1. The molecule has 1 rings (SSSR count). The van der Waals surface area contributed by atoms with Gasteiger partial charge in [-0.15, -0.1) is 11.6 Å². The van der Waals surface area contributed by atoms with Crippen molar-refractivity contribution < 1.29 is 0 Å². The van der Waals surface area contributed by atoms with Crippen molar-refractivity contribution in [2.45, 2.75) is 20.4 Å². The first-order valence-electron chi connectivity index (χ1n) is 3.95. The molecule has 0 saturated carbocycles. The Morgan fingerprint density at radius 2 is 2.25 bits per heavy atom. The van der Waals surface area contributed by atoms with Gasteiger partial charge in [0.15, 0.2) is 0 Å². The Hall–Kier alpha value is -0.760. The quantitative estimate of drug-likeness (QED) is 0.521. The molecule has 0 aliphatic heterocycles. The van der Waals surface area contributed by atoms with Crippen LogP contribution in [0.4, 0.5) is 0 Å². The molecule has 1 aromatic rings. The van der Waals surface area contributed by atoms with Gasteiger partial charge in [0.2, 0.25) is 0 Å². The van der Waals surface area contributed by atoms with Crippen molar-refractivity contribution in [1.82, 2.24) is 9.55 Å². The van der Waals surface area contributed by atoms with Crippen LogP contribution in [0.1, 0.15) is 11.4 Å². The Morgan fingerprint density at radius 1 is 1.50 bits per heavy atom. The highest BCUT2D eigenvalue weighted by Crippen LogP contribution is 2.03. The maximum atomic E-state index is 5.50. The van der Waals surface area contributed by atoms with Crippen LogP contribution in [-0.2, 0) is 6.54 Å². The zero-order valence-corrected chi connectivity index (χ0v) is 8.17. The lowest BCUT2D eigenvalue weighted by atomic mass is 10.4. The summed E-state index contributed by atoms with van der Waals surface area (Å²) in [6, 6.07) is 0. The smallest absolute Gasteiger partial charge is 0.0954 e. The molecule has 0 N–H and O–H groups in total. The van der Waals surface area contributed by atoms with Gasteiger partial charge in [0.25, 0.3) is 0 Å². The van der Waals surface area contributed by atoms with Crippen LogP contribution in [0.5, 0.6) is 0 Å². The molecule has 3 heteroatoms. The average molecular weight is 185 g/mol. The minimum atomic E-state index is 0.576. The van der Waals surface area contributed by atoms with Gasteiger partial charge < -0.3 is 4.57 Å². The number of imidazole rings is 1. The highest BCUT2D eigenvalue weighted by atomic mass is 35.5. The summed E-state index contributed by atoms with van der Waals surface area (Å²) >= 11 is 5.50. The lowest BCUT2D eigenvalue weighted by Crippen LogP contribution is -1.95. The molecule has 0 aliphatic carbocycles. The van der Waals surface area contributed by atoms with E-state index < -0.39 is 0 Å². The molecule has 1 heterocycles. The Balaban J connectivity index is 2.63. The molecule has 12 heavy (non-hydrogen) atoms.